The molecule has 6 heteroatoms. The summed E-state index contributed by atoms with van der Waals surface area (Å²) in [5.74, 6) is 0.287. The Hall–Kier alpha value is -2.25. The molecule has 0 aliphatic carbocycles. The molecular formula is C23H30N4O2. The van der Waals surface area contributed by atoms with Crippen LogP contribution >= 0.6 is 0 Å². The first-order chi connectivity index (χ1) is 14.2. The minimum absolute atomic E-state index is 0.00633. The van der Waals surface area contributed by atoms with Crippen LogP contribution in [-0.4, -0.2) is 67.7 Å². The topological polar surface area (TPSA) is 70.8 Å². The van der Waals surface area contributed by atoms with Gasteiger partial charge in [-0.1, -0.05) is 42.5 Å². The highest BCUT2D eigenvalue weighted by Gasteiger charge is 2.31. The van der Waals surface area contributed by atoms with Gasteiger partial charge in [-0.3, -0.25) is 14.6 Å². The fourth-order valence-corrected chi connectivity index (χ4v) is 4.21. The molecule has 2 aliphatic rings. The molecule has 0 unspecified atom stereocenters. The van der Waals surface area contributed by atoms with Crippen molar-refractivity contribution >= 4 is 11.6 Å². The van der Waals surface area contributed by atoms with Gasteiger partial charge in [-0.15, -0.1) is 0 Å². The molecule has 0 aromatic heterocycles. The lowest BCUT2D eigenvalue weighted by Gasteiger charge is -2.26. The zero-order chi connectivity index (χ0) is 20.1. The van der Waals surface area contributed by atoms with Crippen LogP contribution in [0.25, 0.3) is 0 Å². The van der Waals surface area contributed by atoms with E-state index in [0.717, 1.165) is 51.6 Å². The van der Waals surface area contributed by atoms with Crippen LogP contribution in [0.5, 0.6) is 0 Å². The molecule has 2 atom stereocenters. The van der Waals surface area contributed by atoms with Crippen molar-refractivity contribution in [3.05, 3.63) is 65.7 Å². The molecule has 2 aromatic carbocycles. The molecule has 4 rings (SSSR count). The average molecular weight is 395 g/mol. The molecule has 2 aliphatic heterocycles. The fraction of sp³-hybridized carbons (Fsp3) is 0.435. The Morgan fingerprint density at radius 1 is 1.00 bits per heavy atom. The highest BCUT2D eigenvalue weighted by atomic mass is 16.5. The number of nitrogens with one attached hydrogen (secondary N) is 1. The Labute approximate surface area is 172 Å². The summed E-state index contributed by atoms with van der Waals surface area (Å²) in [6.45, 7) is 6.40. The van der Waals surface area contributed by atoms with Gasteiger partial charge in [0.2, 0.25) is 5.91 Å². The van der Waals surface area contributed by atoms with Crippen LogP contribution in [0.3, 0.4) is 0 Å². The largest absolute Gasteiger partial charge is 0.379 e. The number of amides is 1. The third-order valence-corrected chi connectivity index (χ3v) is 5.78. The van der Waals surface area contributed by atoms with Gasteiger partial charge in [0.15, 0.2) is 0 Å². The van der Waals surface area contributed by atoms with Gasteiger partial charge in [0.05, 0.1) is 19.8 Å². The molecule has 3 N–H and O–H groups in total. The zero-order valence-electron chi connectivity index (χ0n) is 16.8. The number of benzene rings is 2. The Morgan fingerprint density at radius 3 is 2.45 bits per heavy atom. The molecule has 2 aromatic rings. The second kappa shape index (κ2) is 9.50. The first-order valence-electron chi connectivity index (χ1n) is 10.4. The Bertz CT molecular complexity index is 790. The lowest BCUT2D eigenvalue weighted by molar-refractivity contribution is -0.117. The van der Waals surface area contributed by atoms with Crippen LogP contribution in [0.15, 0.2) is 54.6 Å². The number of hydrogen-bond donors (Lipinski definition) is 2. The Morgan fingerprint density at radius 2 is 1.72 bits per heavy atom. The van der Waals surface area contributed by atoms with Crippen molar-refractivity contribution in [3.63, 3.8) is 0 Å². The van der Waals surface area contributed by atoms with Crippen molar-refractivity contribution in [1.29, 1.82) is 0 Å². The first-order valence-corrected chi connectivity index (χ1v) is 10.4. The average Bonchev–Trinajstić information content (AvgIpc) is 3.10. The summed E-state index contributed by atoms with van der Waals surface area (Å²) in [4.78, 5) is 17.0. The van der Waals surface area contributed by atoms with E-state index in [-0.39, 0.29) is 17.9 Å². The van der Waals surface area contributed by atoms with Gasteiger partial charge in [-0.05, 0) is 23.3 Å². The molecule has 0 radical (unpaired) electrons. The summed E-state index contributed by atoms with van der Waals surface area (Å²) in [7, 11) is 0. The van der Waals surface area contributed by atoms with Gasteiger partial charge < -0.3 is 15.8 Å². The Kier molecular flexibility index (Phi) is 6.56. The van der Waals surface area contributed by atoms with Crippen molar-refractivity contribution in [2.75, 3.05) is 51.3 Å². The van der Waals surface area contributed by atoms with Crippen molar-refractivity contribution in [2.24, 2.45) is 5.73 Å². The summed E-state index contributed by atoms with van der Waals surface area (Å²) in [5, 5.41) is 3.01. The van der Waals surface area contributed by atoms with E-state index >= 15 is 0 Å². The highest BCUT2D eigenvalue weighted by Crippen LogP contribution is 2.26. The van der Waals surface area contributed by atoms with Gasteiger partial charge in [0.25, 0.3) is 0 Å². The second-order valence-electron chi connectivity index (χ2n) is 8.01. The van der Waals surface area contributed by atoms with Crippen LogP contribution < -0.4 is 11.1 Å². The van der Waals surface area contributed by atoms with Gasteiger partial charge in [0, 0.05) is 50.4 Å². The SMILES string of the molecule is N[C@@H]1CN(CC(=O)Nc2ccc(CN3CCOCC3)cc2)C[C@H]1c1ccccc1. The summed E-state index contributed by atoms with van der Waals surface area (Å²) >= 11 is 0. The van der Waals surface area contributed by atoms with E-state index < -0.39 is 0 Å². The maximum absolute atomic E-state index is 12.5. The molecule has 0 bridgehead atoms. The van der Waals surface area contributed by atoms with Crippen LogP contribution in [0.4, 0.5) is 5.69 Å². The standard InChI is InChI=1S/C23H30N4O2/c24-22-16-27(15-21(22)19-4-2-1-3-5-19)17-23(28)25-20-8-6-18(7-9-20)14-26-10-12-29-13-11-26/h1-9,21-22H,10-17,24H2,(H,25,28)/t21-,22+/m0/s1. The van der Waals surface area contributed by atoms with E-state index in [0.29, 0.717) is 6.54 Å². The third kappa shape index (κ3) is 5.42. The highest BCUT2D eigenvalue weighted by molar-refractivity contribution is 5.92. The van der Waals surface area contributed by atoms with Gasteiger partial charge in [-0.2, -0.15) is 0 Å². The number of morpholine rings is 1. The molecule has 0 saturated carbocycles. The second-order valence-corrected chi connectivity index (χ2v) is 8.01. The van der Waals surface area contributed by atoms with E-state index in [1.165, 1.54) is 11.1 Å². The van der Waals surface area contributed by atoms with E-state index in [1.54, 1.807) is 0 Å². The number of carbonyl (C=O) groups excluding carboxylic acids is 1. The number of nitrogens with zero attached hydrogens (tertiary/aromatic N) is 2. The van der Waals surface area contributed by atoms with Crippen LogP contribution in [-0.2, 0) is 16.1 Å². The number of rotatable bonds is 6. The predicted octanol–water partition coefficient (Wildman–Crippen LogP) is 1.88. The van der Waals surface area contributed by atoms with Crippen molar-refractivity contribution in [3.8, 4) is 0 Å². The first kappa shape index (κ1) is 20.0. The molecule has 2 fully saturated rings. The van der Waals surface area contributed by atoms with Crippen molar-refractivity contribution in [1.82, 2.24) is 9.80 Å². The van der Waals surface area contributed by atoms with Gasteiger partial charge in [0.1, 0.15) is 0 Å². The minimum Gasteiger partial charge on any atom is -0.379 e. The number of likely N-dealkylation sites (tertiary alicyclic amines) is 1. The number of hydrogen-bond acceptors (Lipinski definition) is 5. The minimum atomic E-state index is 0.00633. The van der Waals surface area contributed by atoms with Gasteiger partial charge in [-0.25, -0.2) is 0 Å². The van der Waals surface area contributed by atoms with E-state index in [2.05, 4.69) is 39.4 Å². The molecule has 1 amide bonds. The normalized spacial score (nSPS) is 23.2. The van der Waals surface area contributed by atoms with Crippen LogP contribution in [0.1, 0.15) is 17.0 Å². The Balaban J connectivity index is 1.26. The quantitative estimate of drug-likeness (QED) is 0.783. The summed E-state index contributed by atoms with van der Waals surface area (Å²) in [6, 6.07) is 18.5. The molecule has 29 heavy (non-hydrogen) atoms. The number of nitrogens with two attached hydrogens (primary N) is 1. The molecular weight excluding hydrogens is 364 g/mol. The maximum atomic E-state index is 12.5. The summed E-state index contributed by atoms with van der Waals surface area (Å²) in [5.41, 5.74) is 9.67. The summed E-state index contributed by atoms with van der Waals surface area (Å²) in [6.07, 6.45) is 0. The molecule has 6 nitrogen and oxygen atoms in total. The van der Waals surface area contributed by atoms with E-state index in [4.69, 9.17) is 10.5 Å². The fourth-order valence-electron chi connectivity index (χ4n) is 4.21. The number of carbonyl (C=O) groups is 1. The summed E-state index contributed by atoms with van der Waals surface area (Å²) < 4.78 is 5.39. The maximum Gasteiger partial charge on any atom is 0.238 e. The van der Waals surface area contributed by atoms with E-state index in [9.17, 15) is 4.79 Å². The van der Waals surface area contributed by atoms with Crippen molar-refractivity contribution in [2.45, 2.75) is 18.5 Å². The lowest BCUT2D eigenvalue weighted by atomic mass is 9.95. The molecule has 2 heterocycles. The third-order valence-electron chi connectivity index (χ3n) is 5.78. The number of anilines is 1. The molecule has 2 saturated heterocycles. The number of ether oxygens (including phenoxy) is 1. The van der Waals surface area contributed by atoms with Crippen LogP contribution in [0, 0.1) is 0 Å². The monoisotopic (exact) mass is 394 g/mol. The zero-order valence-corrected chi connectivity index (χ0v) is 16.8. The van der Waals surface area contributed by atoms with E-state index in [1.807, 2.05) is 30.3 Å². The van der Waals surface area contributed by atoms with Crippen molar-refractivity contribution < 1.29 is 9.53 Å². The van der Waals surface area contributed by atoms with Gasteiger partial charge >= 0.3 is 0 Å². The lowest BCUT2D eigenvalue weighted by Crippen LogP contribution is -2.35. The smallest absolute Gasteiger partial charge is 0.238 e. The molecule has 154 valence electrons. The molecule has 0 spiro atoms. The predicted molar refractivity (Wildman–Crippen MR) is 115 cm³/mol. The van der Waals surface area contributed by atoms with Crippen LogP contribution in [0.2, 0.25) is 0 Å².